The van der Waals surface area contributed by atoms with Crippen LogP contribution < -0.4 is 10.1 Å². The van der Waals surface area contributed by atoms with E-state index < -0.39 is 5.82 Å². The summed E-state index contributed by atoms with van der Waals surface area (Å²) < 4.78 is 18.7. The minimum Gasteiger partial charge on any atom is -0.437 e. The van der Waals surface area contributed by atoms with Crippen molar-refractivity contribution >= 4 is 23.2 Å². The fourth-order valence-electron chi connectivity index (χ4n) is 1.49. The van der Waals surface area contributed by atoms with Gasteiger partial charge in [0.05, 0.1) is 5.02 Å². The van der Waals surface area contributed by atoms with Crippen LogP contribution in [0.5, 0.6) is 11.6 Å². The van der Waals surface area contributed by atoms with Crippen LogP contribution in [0.15, 0.2) is 30.5 Å². The molecule has 0 saturated heterocycles. The van der Waals surface area contributed by atoms with Crippen LogP contribution in [0.25, 0.3) is 0 Å². The lowest BCUT2D eigenvalue weighted by molar-refractivity contribution is 0.458. The number of nitrogens with zero attached hydrogens (tertiary/aromatic N) is 1. The number of hydrogen-bond donors (Lipinski definition) is 1. The molecule has 0 fully saturated rings. The molecule has 1 aromatic carbocycles. The number of nitrogens with one attached hydrogen (secondary N) is 1. The van der Waals surface area contributed by atoms with Crippen molar-refractivity contribution in [3.8, 4) is 11.6 Å². The molecule has 1 heterocycles. The second-order valence-corrected chi connectivity index (χ2v) is 4.65. The second kappa shape index (κ2) is 6.19. The summed E-state index contributed by atoms with van der Waals surface area (Å²) in [4.78, 5) is 4.09. The van der Waals surface area contributed by atoms with Gasteiger partial charge in [0.15, 0.2) is 0 Å². The maximum absolute atomic E-state index is 13.3. The number of aromatic nitrogens is 1. The molecule has 0 amide bonds. The van der Waals surface area contributed by atoms with Crippen LogP contribution in [0.2, 0.25) is 10.0 Å². The van der Waals surface area contributed by atoms with E-state index in [4.69, 9.17) is 27.9 Å². The molecule has 0 bridgehead atoms. The highest BCUT2D eigenvalue weighted by atomic mass is 35.5. The Balaban J connectivity index is 2.20. The van der Waals surface area contributed by atoms with Gasteiger partial charge in [0.2, 0.25) is 5.88 Å². The molecule has 19 heavy (non-hydrogen) atoms. The van der Waals surface area contributed by atoms with Crippen LogP contribution in [-0.2, 0) is 6.54 Å². The first kappa shape index (κ1) is 14.1. The number of rotatable bonds is 4. The molecule has 0 atom stereocenters. The van der Waals surface area contributed by atoms with E-state index in [0.29, 0.717) is 11.6 Å². The van der Waals surface area contributed by atoms with Crippen LogP contribution in [-0.4, -0.2) is 12.0 Å². The van der Waals surface area contributed by atoms with Crippen molar-refractivity contribution in [2.75, 3.05) is 7.05 Å². The van der Waals surface area contributed by atoms with Gasteiger partial charge in [-0.25, -0.2) is 9.37 Å². The monoisotopic (exact) mass is 300 g/mol. The molecule has 100 valence electrons. The summed E-state index contributed by atoms with van der Waals surface area (Å²) in [5.74, 6) is -0.0389. The Hall–Kier alpha value is -1.36. The van der Waals surface area contributed by atoms with Gasteiger partial charge in [-0.3, -0.25) is 0 Å². The molecule has 0 aliphatic heterocycles. The molecule has 3 nitrogen and oxygen atoms in total. The average Bonchev–Trinajstić information content (AvgIpc) is 2.37. The SMILES string of the molecule is CNCc1cnc(Oc2ccc(Cl)c(F)c2)c(Cl)c1. The third-order valence-corrected chi connectivity index (χ3v) is 2.93. The van der Waals surface area contributed by atoms with E-state index >= 15 is 0 Å². The molecule has 2 aromatic rings. The Labute approximate surface area is 120 Å². The average molecular weight is 301 g/mol. The topological polar surface area (TPSA) is 34.2 Å². The summed E-state index contributed by atoms with van der Waals surface area (Å²) in [6.45, 7) is 0.655. The largest absolute Gasteiger partial charge is 0.437 e. The highest BCUT2D eigenvalue weighted by molar-refractivity contribution is 6.32. The van der Waals surface area contributed by atoms with Crippen molar-refractivity contribution in [1.82, 2.24) is 10.3 Å². The van der Waals surface area contributed by atoms with Crippen molar-refractivity contribution in [3.05, 3.63) is 51.9 Å². The van der Waals surface area contributed by atoms with Gasteiger partial charge in [0.1, 0.15) is 16.6 Å². The summed E-state index contributed by atoms with van der Waals surface area (Å²) >= 11 is 11.6. The molecular formula is C13H11Cl2FN2O. The highest BCUT2D eigenvalue weighted by Crippen LogP contribution is 2.29. The number of pyridine rings is 1. The van der Waals surface area contributed by atoms with E-state index in [0.717, 1.165) is 5.56 Å². The third-order valence-electron chi connectivity index (χ3n) is 2.35. The van der Waals surface area contributed by atoms with Gasteiger partial charge in [-0.1, -0.05) is 23.2 Å². The minimum absolute atomic E-state index is 0.0378. The van der Waals surface area contributed by atoms with E-state index in [1.165, 1.54) is 12.1 Å². The Bertz CT molecular complexity index is 593. The molecule has 0 aliphatic carbocycles. The normalized spacial score (nSPS) is 10.5. The van der Waals surface area contributed by atoms with Crippen molar-refractivity contribution in [1.29, 1.82) is 0 Å². The Morgan fingerprint density at radius 1 is 1.26 bits per heavy atom. The maximum atomic E-state index is 13.3. The number of hydrogen-bond acceptors (Lipinski definition) is 3. The zero-order valence-corrected chi connectivity index (χ0v) is 11.6. The summed E-state index contributed by atoms with van der Waals surface area (Å²) in [5.41, 5.74) is 0.933. The second-order valence-electron chi connectivity index (χ2n) is 3.84. The van der Waals surface area contributed by atoms with Crippen molar-refractivity contribution in [2.45, 2.75) is 6.54 Å². The van der Waals surface area contributed by atoms with Crippen LogP contribution in [0.1, 0.15) is 5.56 Å². The molecular weight excluding hydrogens is 290 g/mol. The molecule has 0 aliphatic rings. The first-order valence-corrected chi connectivity index (χ1v) is 6.27. The van der Waals surface area contributed by atoms with E-state index in [-0.39, 0.29) is 16.7 Å². The maximum Gasteiger partial charge on any atom is 0.238 e. The van der Waals surface area contributed by atoms with Gasteiger partial charge in [0, 0.05) is 18.8 Å². The molecule has 1 aromatic heterocycles. The number of halogens is 3. The standard InChI is InChI=1S/C13H11Cl2FN2O/c1-17-6-8-4-11(15)13(18-7-8)19-9-2-3-10(14)12(16)5-9/h2-5,7,17H,6H2,1H3. The summed E-state index contributed by atoms with van der Waals surface area (Å²) in [6.07, 6.45) is 1.64. The van der Waals surface area contributed by atoms with Gasteiger partial charge in [-0.2, -0.15) is 0 Å². The lowest BCUT2D eigenvalue weighted by Crippen LogP contribution is -2.05. The lowest BCUT2D eigenvalue weighted by atomic mass is 10.3. The first-order chi connectivity index (χ1) is 9.10. The van der Waals surface area contributed by atoms with Gasteiger partial charge >= 0.3 is 0 Å². The highest BCUT2D eigenvalue weighted by Gasteiger charge is 2.08. The minimum atomic E-state index is -0.554. The first-order valence-electron chi connectivity index (χ1n) is 5.52. The Morgan fingerprint density at radius 3 is 2.68 bits per heavy atom. The summed E-state index contributed by atoms with van der Waals surface area (Å²) in [5, 5.41) is 3.39. The van der Waals surface area contributed by atoms with Crippen LogP contribution in [0, 0.1) is 5.82 Å². The molecule has 6 heteroatoms. The summed E-state index contributed by atoms with van der Waals surface area (Å²) in [6, 6.07) is 5.88. The van der Waals surface area contributed by atoms with Crippen LogP contribution in [0.3, 0.4) is 0 Å². The fraction of sp³-hybridized carbons (Fsp3) is 0.154. The van der Waals surface area contributed by atoms with E-state index in [9.17, 15) is 4.39 Å². The van der Waals surface area contributed by atoms with Crippen LogP contribution >= 0.6 is 23.2 Å². The third kappa shape index (κ3) is 3.56. The van der Waals surface area contributed by atoms with Crippen molar-refractivity contribution in [3.63, 3.8) is 0 Å². The molecule has 0 spiro atoms. The van der Waals surface area contributed by atoms with Crippen molar-refractivity contribution < 1.29 is 9.13 Å². The summed E-state index contributed by atoms with van der Waals surface area (Å²) in [7, 11) is 1.83. The van der Waals surface area contributed by atoms with E-state index in [1.807, 2.05) is 7.05 Å². The van der Waals surface area contributed by atoms with Gasteiger partial charge < -0.3 is 10.1 Å². The quantitative estimate of drug-likeness (QED) is 0.925. The van der Waals surface area contributed by atoms with Crippen molar-refractivity contribution in [2.24, 2.45) is 0 Å². The van der Waals surface area contributed by atoms with Gasteiger partial charge in [-0.15, -0.1) is 0 Å². The molecule has 1 N–H and O–H groups in total. The fourth-order valence-corrected chi connectivity index (χ4v) is 1.84. The molecule has 0 saturated carbocycles. The smallest absolute Gasteiger partial charge is 0.238 e. The molecule has 0 unspecified atom stereocenters. The van der Waals surface area contributed by atoms with Crippen LogP contribution in [0.4, 0.5) is 4.39 Å². The molecule has 0 radical (unpaired) electrons. The zero-order chi connectivity index (χ0) is 13.8. The predicted octanol–water partition coefficient (Wildman–Crippen LogP) is 4.04. The lowest BCUT2D eigenvalue weighted by Gasteiger charge is -2.08. The van der Waals surface area contributed by atoms with E-state index in [2.05, 4.69) is 10.3 Å². The molecule has 2 rings (SSSR count). The zero-order valence-electron chi connectivity index (χ0n) is 10.1. The Kier molecular flexibility index (Phi) is 4.58. The number of benzene rings is 1. The Morgan fingerprint density at radius 2 is 2.05 bits per heavy atom. The predicted molar refractivity (Wildman–Crippen MR) is 73.5 cm³/mol. The van der Waals surface area contributed by atoms with Gasteiger partial charge in [-0.05, 0) is 30.8 Å². The van der Waals surface area contributed by atoms with Gasteiger partial charge in [0.25, 0.3) is 0 Å². The van der Waals surface area contributed by atoms with E-state index in [1.54, 1.807) is 18.3 Å². The number of ether oxygens (including phenoxy) is 1.